The Balaban J connectivity index is 2.25. The van der Waals surface area contributed by atoms with Gasteiger partial charge in [0.25, 0.3) is 0 Å². The lowest BCUT2D eigenvalue weighted by molar-refractivity contribution is -0.111. The van der Waals surface area contributed by atoms with Crippen LogP contribution in [-0.4, -0.2) is 19.0 Å². The molecule has 0 fully saturated rings. The van der Waals surface area contributed by atoms with Crippen LogP contribution in [-0.2, 0) is 16.0 Å². The van der Waals surface area contributed by atoms with Crippen molar-refractivity contribution in [1.29, 1.82) is 0 Å². The number of allylic oxidation sites excluding steroid dienone is 1. The third-order valence-electron chi connectivity index (χ3n) is 3.89. The van der Waals surface area contributed by atoms with Crippen molar-refractivity contribution in [1.82, 2.24) is 0 Å². The first-order chi connectivity index (χ1) is 12.4. The number of anilines is 1. The number of carbonyl (C=O) groups is 2. The lowest BCUT2D eigenvalue weighted by Gasteiger charge is -2.10. The van der Waals surface area contributed by atoms with Gasteiger partial charge in [0, 0.05) is 15.0 Å². The number of benzene rings is 2. The predicted molar refractivity (Wildman–Crippen MR) is 111 cm³/mol. The number of para-hydroxylation sites is 1. The molecule has 2 rings (SSSR count). The Bertz CT molecular complexity index is 852. The SMILES string of the molecule is CCc1c(Br)cc(C(C)=CC(=O)Nc2ccccc2C(=O)OC)cc1Br. The second-order valence-corrected chi connectivity index (χ2v) is 7.33. The van der Waals surface area contributed by atoms with Crippen LogP contribution in [0.2, 0.25) is 0 Å². The smallest absolute Gasteiger partial charge is 0.339 e. The zero-order valence-corrected chi connectivity index (χ0v) is 17.9. The summed E-state index contributed by atoms with van der Waals surface area (Å²) in [5.74, 6) is -0.810. The van der Waals surface area contributed by atoms with E-state index in [-0.39, 0.29) is 5.91 Å². The summed E-state index contributed by atoms with van der Waals surface area (Å²) in [5, 5.41) is 2.74. The summed E-state index contributed by atoms with van der Waals surface area (Å²) in [4.78, 5) is 24.2. The summed E-state index contributed by atoms with van der Waals surface area (Å²) in [7, 11) is 1.31. The van der Waals surface area contributed by atoms with Gasteiger partial charge >= 0.3 is 5.97 Å². The van der Waals surface area contributed by atoms with Crippen LogP contribution in [0.1, 0.15) is 35.3 Å². The molecule has 4 nitrogen and oxygen atoms in total. The first-order valence-electron chi connectivity index (χ1n) is 8.02. The zero-order valence-electron chi connectivity index (χ0n) is 14.7. The second-order valence-electron chi connectivity index (χ2n) is 5.63. The van der Waals surface area contributed by atoms with E-state index in [1.165, 1.54) is 18.7 Å². The molecule has 6 heteroatoms. The topological polar surface area (TPSA) is 55.4 Å². The Kier molecular flexibility index (Phi) is 7.17. The first-order valence-corrected chi connectivity index (χ1v) is 9.60. The van der Waals surface area contributed by atoms with E-state index < -0.39 is 5.97 Å². The number of methoxy groups -OCH3 is 1. The average Bonchev–Trinajstić information content (AvgIpc) is 2.61. The molecule has 0 spiro atoms. The van der Waals surface area contributed by atoms with E-state index in [0.29, 0.717) is 11.3 Å². The van der Waals surface area contributed by atoms with Crippen molar-refractivity contribution in [3.63, 3.8) is 0 Å². The number of halogens is 2. The van der Waals surface area contributed by atoms with Gasteiger partial charge in [-0.25, -0.2) is 4.79 Å². The van der Waals surface area contributed by atoms with Crippen LogP contribution in [0, 0.1) is 0 Å². The van der Waals surface area contributed by atoms with Gasteiger partial charge in [-0.15, -0.1) is 0 Å². The molecule has 0 aliphatic carbocycles. The number of rotatable bonds is 5. The van der Waals surface area contributed by atoms with Crippen molar-refractivity contribution in [2.45, 2.75) is 20.3 Å². The number of hydrogen-bond acceptors (Lipinski definition) is 3. The van der Waals surface area contributed by atoms with Gasteiger partial charge < -0.3 is 10.1 Å². The van der Waals surface area contributed by atoms with Crippen molar-refractivity contribution < 1.29 is 14.3 Å². The molecule has 2 aromatic carbocycles. The zero-order chi connectivity index (χ0) is 19.3. The van der Waals surface area contributed by atoms with Crippen LogP contribution in [0.5, 0.6) is 0 Å². The number of ether oxygens (including phenoxy) is 1. The normalized spacial score (nSPS) is 11.2. The summed E-state index contributed by atoms with van der Waals surface area (Å²) < 4.78 is 6.73. The van der Waals surface area contributed by atoms with E-state index >= 15 is 0 Å². The number of hydrogen-bond donors (Lipinski definition) is 1. The molecule has 0 radical (unpaired) electrons. The van der Waals surface area contributed by atoms with Crippen molar-refractivity contribution in [3.8, 4) is 0 Å². The molecule has 0 bridgehead atoms. The molecule has 0 saturated heterocycles. The second kappa shape index (κ2) is 9.14. The highest BCUT2D eigenvalue weighted by Gasteiger charge is 2.13. The van der Waals surface area contributed by atoms with Gasteiger partial charge in [-0.2, -0.15) is 0 Å². The number of esters is 1. The molecule has 0 unspecified atom stereocenters. The molecule has 0 aromatic heterocycles. The summed E-state index contributed by atoms with van der Waals surface area (Å²) in [6.07, 6.45) is 2.41. The maximum absolute atomic E-state index is 12.4. The van der Waals surface area contributed by atoms with E-state index in [1.54, 1.807) is 24.3 Å². The fourth-order valence-corrected chi connectivity index (χ4v) is 4.24. The summed E-state index contributed by atoms with van der Waals surface area (Å²) >= 11 is 7.14. The fraction of sp³-hybridized carbons (Fsp3) is 0.200. The van der Waals surface area contributed by atoms with Crippen molar-refractivity contribution >= 4 is 55.0 Å². The number of amides is 1. The van der Waals surface area contributed by atoms with Gasteiger partial charge in [-0.05, 0) is 54.3 Å². The predicted octanol–water partition coefficient (Wildman–Crippen LogP) is 5.60. The Morgan fingerprint density at radius 2 is 1.77 bits per heavy atom. The number of carbonyl (C=O) groups excluding carboxylic acids is 2. The summed E-state index contributed by atoms with van der Waals surface area (Å²) in [5.41, 5.74) is 3.64. The highest BCUT2D eigenvalue weighted by molar-refractivity contribution is 9.11. The third kappa shape index (κ3) is 4.83. The van der Waals surface area contributed by atoms with Gasteiger partial charge in [-0.3, -0.25) is 4.79 Å². The van der Waals surface area contributed by atoms with Crippen LogP contribution >= 0.6 is 31.9 Å². The van der Waals surface area contributed by atoms with Crippen LogP contribution in [0.15, 0.2) is 51.4 Å². The molecule has 1 N–H and O–H groups in total. The Morgan fingerprint density at radius 1 is 1.15 bits per heavy atom. The van der Waals surface area contributed by atoms with E-state index in [4.69, 9.17) is 4.74 Å². The molecular formula is C20H19Br2NO3. The summed E-state index contributed by atoms with van der Waals surface area (Å²) in [6, 6.07) is 10.7. The molecule has 0 aliphatic heterocycles. The Labute approximate surface area is 169 Å². The molecule has 0 saturated carbocycles. The molecule has 0 aliphatic rings. The Morgan fingerprint density at radius 3 is 2.35 bits per heavy atom. The van der Waals surface area contributed by atoms with Gasteiger partial charge in [0.05, 0.1) is 18.4 Å². The van der Waals surface area contributed by atoms with Gasteiger partial charge in [0.15, 0.2) is 0 Å². The molecular weight excluding hydrogens is 462 g/mol. The lowest BCUT2D eigenvalue weighted by atomic mass is 10.0. The Hall–Kier alpha value is -1.92. The lowest BCUT2D eigenvalue weighted by Crippen LogP contribution is -2.13. The molecule has 136 valence electrons. The van der Waals surface area contributed by atoms with E-state index in [1.807, 2.05) is 19.1 Å². The largest absolute Gasteiger partial charge is 0.465 e. The van der Waals surface area contributed by atoms with Crippen LogP contribution in [0.4, 0.5) is 5.69 Å². The van der Waals surface area contributed by atoms with E-state index in [0.717, 1.165) is 26.5 Å². The minimum absolute atomic E-state index is 0.312. The van der Waals surface area contributed by atoms with Crippen molar-refractivity contribution in [2.75, 3.05) is 12.4 Å². The van der Waals surface area contributed by atoms with Gasteiger partial charge in [0.2, 0.25) is 5.91 Å². The van der Waals surface area contributed by atoms with Crippen LogP contribution in [0.3, 0.4) is 0 Å². The molecule has 1 amide bonds. The van der Waals surface area contributed by atoms with Crippen LogP contribution < -0.4 is 5.32 Å². The van der Waals surface area contributed by atoms with Gasteiger partial charge in [-0.1, -0.05) is 50.9 Å². The average molecular weight is 481 g/mol. The van der Waals surface area contributed by atoms with Crippen molar-refractivity contribution in [2.24, 2.45) is 0 Å². The van der Waals surface area contributed by atoms with Gasteiger partial charge in [0.1, 0.15) is 0 Å². The standard InChI is InChI=1S/C20H19Br2NO3/c1-4-14-16(21)10-13(11-17(14)22)12(2)9-19(24)23-18-8-6-5-7-15(18)20(25)26-3/h5-11H,4H2,1-3H3,(H,23,24). The molecule has 0 heterocycles. The highest BCUT2D eigenvalue weighted by Crippen LogP contribution is 2.30. The maximum Gasteiger partial charge on any atom is 0.339 e. The van der Waals surface area contributed by atoms with E-state index in [9.17, 15) is 9.59 Å². The molecule has 2 aromatic rings. The minimum atomic E-state index is -0.496. The minimum Gasteiger partial charge on any atom is -0.465 e. The third-order valence-corrected chi connectivity index (χ3v) is 5.30. The molecule has 0 atom stereocenters. The monoisotopic (exact) mass is 479 g/mol. The van der Waals surface area contributed by atoms with Crippen LogP contribution in [0.25, 0.3) is 5.57 Å². The van der Waals surface area contributed by atoms with Crippen molar-refractivity contribution in [3.05, 3.63) is 68.1 Å². The quantitative estimate of drug-likeness (QED) is 0.447. The maximum atomic E-state index is 12.4. The summed E-state index contributed by atoms with van der Waals surface area (Å²) in [6.45, 7) is 3.95. The molecule has 26 heavy (non-hydrogen) atoms. The highest BCUT2D eigenvalue weighted by atomic mass is 79.9. The fourth-order valence-electron chi connectivity index (χ4n) is 2.50. The van der Waals surface area contributed by atoms with E-state index in [2.05, 4.69) is 44.1 Å². The number of nitrogens with one attached hydrogen (secondary N) is 1. The first kappa shape index (κ1) is 20.4.